The van der Waals surface area contributed by atoms with E-state index >= 15 is 0 Å². The van der Waals surface area contributed by atoms with Crippen LogP contribution in [0.1, 0.15) is 10.5 Å². The zero-order valence-electron chi connectivity index (χ0n) is 13.8. The zero-order valence-corrected chi connectivity index (χ0v) is 15.3. The molecule has 1 aromatic carbocycles. The van der Waals surface area contributed by atoms with Crippen LogP contribution in [-0.2, 0) is 7.05 Å². The van der Waals surface area contributed by atoms with Gasteiger partial charge in [-0.15, -0.1) is 0 Å². The Labute approximate surface area is 153 Å². The topological polar surface area (TPSA) is 67.2 Å². The van der Waals surface area contributed by atoms with Gasteiger partial charge in [0.2, 0.25) is 5.95 Å². The lowest BCUT2D eigenvalue weighted by Crippen LogP contribution is -2.49. The Morgan fingerprint density at radius 1 is 1.16 bits per heavy atom. The average molecular weight is 401 g/mol. The van der Waals surface area contributed by atoms with Crippen molar-refractivity contribution in [2.24, 2.45) is 7.05 Å². The predicted molar refractivity (Wildman–Crippen MR) is 98.6 cm³/mol. The van der Waals surface area contributed by atoms with Crippen molar-refractivity contribution in [2.45, 2.75) is 0 Å². The number of anilines is 1. The lowest BCUT2D eigenvalue weighted by Gasteiger charge is -2.34. The van der Waals surface area contributed by atoms with Gasteiger partial charge in [0.25, 0.3) is 5.91 Å². The van der Waals surface area contributed by atoms with Crippen LogP contribution in [0.3, 0.4) is 0 Å². The standard InChI is InChI=1S/C17H17BrN6O/c1-22-15(4-5-20-22)16(25)23-6-8-24(9-7-23)17-19-11-12-10-13(18)2-3-14(12)21-17/h2-5,10-11H,6-9H2,1H3. The first-order chi connectivity index (χ1) is 12.1. The van der Waals surface area contributed by atoms with Gasteiger partial charge in [-0.3, -0.25) is 9.48 Å². The Kier molecular flexibility index (Phi) is 4.12. The smallest absolute Gasteiger partial charge is 0.272 e. The molecular formula is C17H17BrN6O. The van der Waals surface area contributed by atoms with Gasteiger partial charge in [-0.2, -0.15) is 5.10 Å². The van der Waals surface area contributed by atoms with Gasteiger partial charge in [0.1, 0.15) is 5.69 Å². The summed E-state index contributed by atoms with van der Waals surface area (Å²) in [4.78, 5) is 25.6. The van der Waals surface area contributed by atoms with Crippen LogP contribution in [0.15, 0.2) is 41.1 Å². The Bertz CT molecular complexity index is 932. The summed E-state index contributed by atoms with van der Waals surface area (Å²) in [5, 5.41) is 5.07. The van der Waals surface area contributed by atoms with Crippen LogP contribution in [0.25, 0.3) is 10.9 Å². The molecule has 3 heterocycles. The van der Waals surface area contributed by atoms with E-state index in [1.54, 1.807) is 24.0 Å². The van der Waals surface area contributed by atoms with Crippen molar-refractivity contribution in [3.05, 3.63) is 46.8 Å². The number of piperazine rings is 1. The number of amides is 1. The molecule has 0 aliphatic carbocycles. The quantitative estimate of drug-likeness (QED) is 0.658. The van der Waals surface area contributed by atoms with Crippen molar-refractivity contribution in [2.75, 3.05) is 31.1 Å². The van der Waals surface area contributed by atoms with Crippen molar-refractivity contribution in [3.8, 4) is 0 Å². The van der Waals surface area contributed by atoms with Gasteiger partial charge in [0, 0.05) is 55.5 Å². The van der Waals surface area contributed by atoms with E-state index in [0.717, 1.165) is 15.4 Å². The van der Waals surface area contributed by atoms with E-state index in [4.69, 9.17) is 0 Å². The Morgan fingerprint density at radius 2 is 1.96 bits per heavy atom. The van der Waals surface area contributed by atoms with Gasteiger partial charge < -0.3 is 9.80 Å². The molecule has 128 valence electrons. The number of rotatable bonds is 2. The largest absolute Gasteiger partial charge is 0.337 e. The lowest BCUT2D eigenvalue weighted by molar-refractivity contribution is 0.0735. The maximum Gasteiger partial charge on any atom is 0.272 e. The molecule has 0 N–H and O–H groups in total. The Balaban J connectivity index is 1.47. The maximum absolute atomic E-state index is 12.5. The molecule has 1 amide bonds. The van der Waals surface area contributed by atoms with Crippen LogP contribution >= 0.6 is 15.9 Å². The monoisotopic (exact) mass is 400 g/mol. The number of nitrogens with zero attached hydrogens (tertiary/aromatic N) is 6. The number of aryl methyl sites for hydroxylation is 1. The number of carbonyl (C=O) groups is 1. The van der Waals surface area contributed by atoms with Gasteiger partial charge in [-0.1, -0.05) is 15.9 Å². The highest BCUT2D eigenvalue weighted by atomic mass is 79.9. The van der Waals surface area contributed by atoms with Crippen LogP contribution in [0, 0.1) is 0 Å². The molecule has 0 bridgehead atoms. The number of aromatic nitrogens is 4. The van der Waals surface area contributed by atoms with Crippen molar-refractivity contribution in [1.29, 1.82) is 0 Å². The minimum absolute atomic E-state index is 0.0175. The first-order valence-electron chi connectivity index (χ1n) is 8.06. The first-order valence-corrected chi connectivity index (χ1v) is 8.85. The normalized spacial score (nSPS) is 15.0. The van der Waals surface area contributed by atoms with E-state index in [0.29, 0.717) is 37.8 Å². The molecule has 0 unspecified atom stereocenters. The second kappa shape index (κ2) is 6.44. The summed E-state index contributed by atoms with van der Waals surface area (Å²) in [6.45, 7) is 2.72. The molecule has 0 radical (unpaired) electrons. The molecule has 0 atom stereocenters. The molecule has 1 saturated heterocycles. The highest BCUT2D eigenvalue weighted by Gasteiger charge is 2.25. The summed E-state index contributed by atoms with van der Waals surface area (Å²) >= 11 is 3.46. The van der Waals surface area contributed by atoms with Crippen LogP contribution in [-0.4, -0.2) is 56.7 Å². The molecule has 1 fully saturated rings. The van der Waals surface area contributed by atoms with Crippen LogP contribution in [0.2, 0.25) is 0 Å². The molecule has 4 rings (SSSR count). The summed E-state index contributed by atoms with van der Waals surface area (Å²) < 4.78 is 2.62. The Hall–Kier alpha value is -2.48. The number of hydrogen-bond donors (Lipinski definition) is 0. The fourth-order valence-corrected chi connectivity index (χ4v) is 3.38. The molecule has 2 aromatic heterocycles. The third-order valence-corrected chi connectivity index (χ3v) is 4.91. The predicted octanol–water partition coefficient (Wildman–Crippen LogP) is 2.09. The third-order valence-electron chi connectivity index (χ3n) is 4.42. The summed E-state index contributed by atoms with van der Waals surface area (Å²) in [6, 6.07) is 7.71. The minimum Gasteiger partial charge on any atom is -0.337 e. The van der Waals surface area contributed by atoms with Crippen LogP contribution in [0.5, 0.6) is 0 Å². The molecule has 7 nitrogen and oxygen atoms in total. The maximum atomic E-state index is 12.5. The van der Waals surface area contributed by atoms with Gasteiger partial charge in [-0.25, -0.2) is 9.97 Å². The number of carbonyl (C=O) groups excluding carboxylic acids is 1. The summed E-state index contributed by atoms with van der Waals surface area (Å²) in [5.41, 5.74) is 1.53. The minimum atomic E-state index is 0.0175. The Morgan fingerprint density at radius 3 is 2.68 bits per heavy atom. The number of fused-ring (bicyclic) bond motifs is 1. The second-order valence-corrected chi connectivity index (χ2v) is 6.91. The highest BCUT2D eigenvalue weighted by Crippen LogP contribution is 2.20. The molecule has 25 heavy (non-hydrogen) atoms. The number of benzene rings is 1. The van der Waals surface area contributed by atoms with Gasteiger partial charge in [0.05, 0.1) is 5.52 Å². The first kappa shape index (κ1) is 16.0. The molecule has 8 heteroatoms. The van der Waals surface area contributed by atoms with Gasteiger partial charge >= 0.3 is 0 Å². The zero-order chi connectivity index (χ0) is 17.4. The van der Waals surface area contributed by atoms with E-state index in [2.05, 4.69) is 35.9 Å². The molecule has 0 spiro atoms. The van der Waals surface area contributed by atoms with Crippen molar-refractivity contribution < 1.29 is 4.79 Å². The van der Waals surface area contributed by atoms with Crippen molar-refractivity contribution in [1.82, 2.24) is 24.6 Å². The van der Waals surface area contributed by atoms with Gasteiger partial charge in [0.15, 0.2) is 0 Å². The lowest BCUT2D eigenvalue weighted by atomic mass is 10.2. The molecule has 0 saturated carbocycles. The fourth-order valence-electron chi connectivity index (χ4n) is 3.00. The van der Waals surface area contributed by atoms with Crippen LogP contribution in [0.4, 0.5) is 5.95 Å². The van der Waals surface area contributed by atoms with Crippen molar-refractivity contribution in [3.63, 3.8) is 0 Å². The molecule has 1 aliphatic rings. The van der Waals surface area contributed by atoms with E-state index in [-0.39, 0.29) is 5.91 Å². The molecule has 1 aliphatic heterocycles. The summed E-state index contributed by atoms with van der Waals surface area (Å²) in [5.74, 6) is 0.728. The number of hydrogen-bond acceptors (Lipinski definition) is 5. The van der Waals surface area contributed by atoms with E-state index < -0.39 is 0 Å². The SMILES string of the molecule is Cn1nccc1C(=O)N1CCN(c2ncc3cc(Br)ccc3n2)CC1. The highest BCUT2D eigenvalue weighted by molar-refractivity contribution is 9.10. The van der Waals surface area contributed by atoms with Crippen LogP contribution < -0.4 is 4.90 Å². The fraction of sp³-hybridized carbons (Fsp3) is 0.294. The second-order valence-electron chi connectivity index (χ2n) is 5.99. The van der Waals surface area contributed by atoms with E-state index in [1.165, 1.54) is 0 Å². The van der Waals surface area contributed by atoms with E-state index in [9.17, 15) is 4.79 Å². The molecule has 3 aromatic rings. The van der Waals surface area contributed by atoms with E-state index in [1.807, 2.05) is 29.3 Å². The molecular weight excluding hydrogens is 384 g/mol. The summed E-state index contributed by atoms with van der Waals surface area (Å²) in [6.07, 6.45) is 3.49. The third kappa shape index (κ3) is 3.09. The van der Waals surface area contributed by atoms with Crippen molar-refractivity contribution >= 4 is 38.7 Å². The summed E-state index contributed by atoms with van der Waals surface area (Å²) in [7, 11) is 1.78. The average Bonchev–Trinajstić information content (AvgIpc) is 3.07. The number of halogens is 1. The van der Waals surface area contributed by atoms with Gasteiger partial charge in [-0.05, 0) is 24.3 Å².